The first-order valence-electron chi connectivity index (χ1n) is 9.67. The van der Waals surface area contributed by atoms with Gasteiger partial charge in [-0.2, -0.15) is 0 Å². The van der Waals surface area contributed by atoms with Gasteiger partial charge in [-0.05, 0) is 35.4 Å². The van der Waals surface area contributed by atoms with E-state index in [1.165, 1.54) is 0 Å². The van der Waals surface area contributed by atoms with Crippen LogP contribution in [0.15, 0.2) is 46.9 Å². The van der Waals surface area contributed by atoms with Gasteiger partial charge in [0.1, 0.15) is 13.2 Å². The summed E-state index contributed by atoms with van der Waals surface area (Å²) in [6.07, 6.45) is 5.24. The molecule has 0 bridgehead atoms. The lowest BCUT2D eigenvalue weighted by molar-refractivity contribution is -0.133. The van der Waals surface area contributed by atoms with Crippen molar-refractivity contribution in [3.63, 3.8) is 0 Å². The minimum absolute atomic E-state index is 0.0233. The highest BCUT2D eigenvalue weighted by molar-refractivity contribution is 9.10. The van der Waals surface area contributed by atoms with E-state index in [2.05, 4.69) is 44.5 Å². The molecule has 2 rings (SSSR count). The summed E-state index contributed by atoms with van der Waals surface area (Å²) in [7, 11) is 1.57. The molecule has 0 saturated heterocycles. The zero-order valence-electron chi connectivity index (χ0n) is 17.5. The summed E-state index contributed by atoms with van der Waals surface area (Å²) in [5, 5.41) is 0. The number of amides is 1. The summed E-state index contributed by atoms with van der Waals surface area (Å²) in [4.78, 5) is 12.6. The van der Waals surface area contributed by atoms with E-state index in [0.717, 1.165) is 16.5 Å². The number of terminal acetylenes is 1. The Morgan fingerprint density at radius 3 is 2.58 bits per heavy atom. The van der Waals surface area contributed by atoms with Crippen LogP contribution >= 0.6 is 15.9 Å². The van der Waals surface area contributed by atoms with Crippen molar-refractivity contribution in [2.45, 2.75) is 26.0 Å². The third kappa shape index (κ3) is 7.99. The first-order chi connectivity index (χ1) is 15.1. The maximum Gasteiger partial charge on any atom is 0.267 e. The van der Waals surface area contributed by atoms with Crippen LogP contribution in [-0.4, -0.2) is 26.2 Å². The summed E-state index contributed by atoms with van der Waals surface area (Å²) in [5.74, 6) is 9.12. The number of ether oxygens (including phenoxy) is 3. The van der Waals surface area contributed by atoms with E-state index in [9.17, 15) is 4.79 Å². The van der Waals surface area contributed by atoms with Gasteiger partial charge in [0.15, 0.2) is 17.6 Å². The predicted molar refractivity (Wildman–Crippen MR) is 123 cm³/mol. The molecule has 1 amide bonds. The molecule has 31 heavy (non-hydrogen) atoms. The molecule has 1 unspecified atom stereocenters. The number of rotatable bonds is 10. The Balaban J connectivity index is 1.96. The Morgan fingerprint density at radius 2 is 1.90 bits per heavy atom. The molecule has 162 valence electrons. The number of halogens is 1. The maximum absolute atomic E-state index is 12.6. The standard InChI is InChI=1S/C24H25BrN2O4/c1-4-6-7-15-30-21-13-8-18(16-22(21)29-3)17-26-27-24(28)23(31-14-5-2)19-9-11-20(25)12-10-19/h2,8-13,16,23,26H,4,14-15,17H2,1,3H3,(H,27,28). The van der Waals surface area contributed by atoms with Gasteiger partial charge in [-0.1, -0.05) is 52.9 Å². The molecule has 6 nitrogen and oxygen atoms in total. The normalized spacial score (nSPS) is 10.9. The van der Waals surface area contributed by atoms with Crippen molar-refractivity contribution in [2.24, 2.45) is 0 Å². The van der Waals surface area contributed by atoms with Crippen molar-refractivity contribution in [2.75, 3.05) is 20.3 Å². The predicted octanol–water partition coefficient (Wildman–Crippen LogP) is 3.76. The maximum atomic E-state index is 12.6. The van der Waals surface area contributed by atoms with E-state index in [1.807, 2.05) is 37.3 Å². The molecule has 0 aliphatic rings. The van der Waals surface area contributed by atoms with Gasteiger partial charge in [0.05, 0.1) is 7.11 Å². The van der Waals surface area contributed by atoms with Crippen LogP contribution in [0.25, 0.3) is 0 Å². The third-order valence-corrected chi connectivity index (χ3v) is 4.61. The Labute approximate surface area is 191 Å². The van der Waals surface area contributed by atoms with Gasteiger partial charge in [0.25, 0.3) is 5.91 Å². The first kappa shape index (κ1) is 24.3. The molecule has 2 N–H and O–H groups in total. The minimum atomic E-state index is -0.828. The molecule has 0 radical (unpaired) electrons. The Morgan fingerprint density at radius 1 is 1.13 bits per heavy atom. The number of carbonyl (C=O) groups is 1. The summed E-state index contributed by atoms with van der Waals surface area (Å²) < 4.78 is 17.5. The van der Waals surface area contributed by atoms with E-state index in [4.69, 9.17) is 20.6 Å². The average molecular weight is 485 g/mol. The molecular weight excluding hydrogens is 460 g/mol. The Hall–Kier alpha value is -2.97. The fourth-order valence-corrected chi connectivity index (χ4v) is 2.89. The number of methoxy groups -OCH3 is 1. The van der Waals surface area contributed by atoms with Gasteiger partial charge in [0, 0.05) is 17.4 Å². The van der Waals surface area contributed by atoms with Crippen LogP contribution in [0.3, 0.4) is 0 Å². The van der Waals surface area contributed by atoms with E-state index < -0.39 is 6.10 Å². The second-order valence-electron chi connectivity index (χ2n) is 6.27. The molecule has 0 heterocycles. The monoisotopic (exact) mass is 484 g/mol. The van der Waals surface area contributed by atoms with Gasteiger partial charge in [-0.3, -0.25) is 10.2 Å². The number of hydrazine groups is 1. The van der Waals surface area contributed by atoms with Crippen LogP contribution in [0.1, 0.15) is 30.6 Å². The molecular formula is C24H25BrN2O4. The van der Waals surface area contributed by atoms with Crippen LogP contribution in [0.5, 0.6) is 11.5 Å². The lowest BCUT2D eigenvalue weighted by Crippen LogP contribution is -2.40. The van der Waals surface area contributed by atoms with Crippen molar-refractivity contribution >= 4 is 21.8 Å². The Kier molecular flexibility index (Phi) is 10.5. The Bertz CT molecular complexity index is 958. The molecule has 0 aromatic heterocycles. The molecule has 7 heteroatoms. The fourth-order valence-electron chi connectivity index (χ4n) is 2.62. The zero-order chi connectivity index (χ0) is 22.5. The summed E-state index contributed by atoms with van der Waals surface area (Å²) >= 11 is 3.38. The van der Waals surface area contributed by atoms with Gasteiger partial charge >= 0.3 is 0 Å². The van der Waals surface area contributed by atoms with Crippen LogP contribution in [0.4, 0.5) is 0 Å². The number of carbonyl (C=O) groups excluding carboxylic acids is 1. The molecule has 0 aliphatic carbocycles. The quantitative estimate of drug-likeness (QED) is 0.396. The first-order valence-corrected chi connectivity index (χ1v) is 10.5. The molecule has 0 fully saturated rings. The lowest BCUT2D eigenvalue weighted by Gasteiger charge is -2.18. The van der Waals surface area contributed by atoms with Gasteiger partial charge in [-0.25, -0.2) is 5.43 Å². The van der Waals surface area contributed by atoms with Crippen LogP contribution < -0.4 is 20.3 Å². The summed E-state index contributed by atoms with van der Waals surface area (Å²) in [6, 6.07) is 12.8. The van der Waals surface area contributed by atoms with E-state index >= 15 is 0 Å². The van der Waals surface area contributed by atoms with Crippen molar-refractivity contribution in [1.82, 2.24) is 10.9 Å². The van der Waals surface area contributed by atoms with E-state index in [1.54, 1.807) is 19.2 Å². The molecule has 2 aromatic carbocycles. The van der Waals surface area contributed by atoms with Crippen LogP contribution in [0, 0.1) is 24.2 Å². The number of nitrogens with one attached hydrogen (secondary N) is 2. The smallest absolute Gasteiger partial charge is 0.267 e. The van der Waals surface area contributed by atoms with Crippen molar-refractivity contribution < 1.29 is 19.0 Å². The van der Waals surface area contributed by atoms with Crippen molar-refractivity contribution in [3.8, 4) is 35.7 Å². The van der Waals surface area contributed by atoms with E-state index in [-0.39, 0.29) is 12.5 Å². The molecule has 0 aliphatic heterocycles. The number of hydrogen-bond acceptors (Lipinski definition) is 5. The third-order valence-electron chi connectivity index (χ3n) is 4.08. The average Bonchev–Trinajstić information content (AvgIpc) is 2.78. The number of benzene rings is 2. The van der Waals surface area contributed by atoms with Gasteiger partial charge in [-0.15, -0.1) is 12.3 Å². The molecule has 1 atom stereocenters. The van der Waals surface area contributed by atoms with Crippen molar-refractivity contribution in [3.05, 3.63) is 58.1 Å². The zero-order valence-corrected chi connectivity index (χ0v) is 19.1. The highest BCUT2D eigenvalue weighted by Gasteiger charge is 2.21. The topological polar surface area (TPSA) is 68.8 Å². The lowest BCUT2D eigenvalue weighted by atomic mass is 10.1. The molecule has 0 spiro atoms. The number of hydrogen-bond donors (Lipinski definition) is 2. The van der Waals surface area contributed by atoms with E-state index in [0.29, 0.717) is 30.2 Å². The van der Waals surface area contributed by atoms with Crippen LogP contribution in [-0.2, 0) is 16.1 Å². The van der Waals surface area contributed by atoms with Crippen molar-refractivity contribution in [1.29, 1.82) is 0 Å². The van der Waals surface area contributed by atoms with Gasteiger partial charge in [0.2, 0.25) is 0 Å². The SMILES string of the molecule is C#CCOC(C(=O)NNCc1ccc(OCC#CCC)c(OC)c1)c1ccc(Br)cc1. The molecule has 0 saturated carbocycles. The largest absolute Gasteiger partial charge is 0.493 e. The second-order valence-corrected chi connectivity index (χ2v) is 7.19. The summed E-state index contributed by atoms with van der Waals surface area (Å²) in [6.45, 7) is 2.68. The summed E-state index contributed by atoms with van der Waals surface area (Å²) in [5.41, 5.74) is 7.18. The highest BCUT2D eigenvalue weighted by Crippen LogP contribution is 2.28. The minimum Gasteiger partial charge on any atom is -0.493 e. The van der Waals surface area contributed by atoms with Gasteiger partial charge < -0.3 is 14.2 Å². The van der Waals surface area contributed by atoms with Crippen LogP contribution in [0.2, 0.25) is 0 Å². The fraction of sp³-hybridized carbons (Fsp3) is 0.292. The molecule has 2 aromatic rings. The highest BCUT2D eigenvalue weighted by atomic mass is 79.9. The second kappa shape index (κ2) is 13.4.